The average molecular weight is 420 g/mol. The maximum absolute atomic E-state index is 12.9. The molecule has 0 saturated heterocycles. The number of carbonyl (C=O) groups excluding carboxylic acids is 2. The number of carbonyl (C=O) groups is 2. The van der Waals surface area contributed by atoms with E-state index in [0.717, 1.165) is 24.1 Å². The molecule has 0 aliphatic heterocycles. The van der Waals surface area contributed by atoms with Crippen molar-refractivity contribution in [1.82, 2.24) is 4.98 Å². The second kappa shape index (κ2) is 8.63. The van der Waals surface area contributed by atoms with Crippen molar-refractivity contribution in [2.24, 2.45) is 0 Å². The van der Waals surface area contributed by atoms with Crippen LogP contribution in [0.5, 0.6) is 11.5 Å². The van der Waals surface area contributed by atoms with Crippen molar-refractivity contribution in [2.45, 2.75) is 31.8 Å². The minimum absolute atomic E-state index is 0.391. The van der Waals surface area contributed by atoms with Gasteiger partial charge >= 0.3 is 5.97 Å². The summed E-state index contributed by atoms with van der Waals surface area (Å²) in [6, 6.07) is 14.3. The van der Waals surface area contributed by atoms with E-state index in [1.807, 2.05) is 24.3 Å². The van der Waals surface area contributed by atoms with Crippen molar-refractivity contribution in [3.8, 4) is 11.5 Å². The predicted octanol–water partition coefficient (Wildman–Crippen LogP) is 4.31. The molecule has 1 saturated carbocycles. The summed E-state index contributed by atoms with van der Waals surface area (Å²) in [5, 5.41) is 3.45. The molecule has 1 heterocycles. The number of amides is 1. The molecule has 1 aromatic heterocycles. The van der Waals surface area contributed by atoms with Crippen LogP contribution in [0.4, 0.5) is 5.69 Å². The number of methoxy groups -OCH3 is 2. The number of nitrogens with zero attached hydrogens (tertiary/aromatic N) is 1. The van der Waals surface area contributed by atoms with Gasteiger partial charge in [-0.1, -0.05) is 18.2 Å². The number of pyridine rings is 1. The van der Waals surface area contributed by atoms with Crippen LogP contribution < -0.4 is 14.8 Å². The van der Waals surface area contributed by atoms with Gasteiger partial charge in [0.25, 0.3) is 5.91 Å². The summed E-state index contributed by atoms with van der Waals surface area (Å²) in [5.41, 5.74) is 2.59. The van der Waals surface area contributed by atoms with E-state index in [9.17, 15) is 9.59 Å². The Kier molecular flexibility index (Phi) is 5.75. The third-order valence-electron chi connectivity index (χ3n) is 5.26. The van der Waals surface area contributed by atoms with Crippen molar-refractivity contribution in [2.75, 3.05) is 19.5 Å². The lowest BCUT2D eigenvalue weighted by Gasteiger charge is -2.16. The molecule has 2 aromatic carbocycles. The van der Waals surface area contributed by atoms with Gasteiger partial charge in [-0.2, -0.15) is 0 Å². The second-order valence-electron chi connectivity index (χ2n) is 7.49. The SMILES string of the molecule is COc1ccc(NC(=O)[C@H](C)OC(=O)c2cc(C3CC3)nc3ccccc23)cc1OC. The Labute approximate surface area is 180 Å². The van der Waals surface area contributed by atoms with Crippen LogP contribution in [0.2, 0.25) is 0 Å². The van der Waals surface area contributed by atoms with Crippen LogP contribution in [-0.4, -0.2) is 37.2 Å². The van der Waals surface area contributed by atoms with Crippen molar-refractivity contribution >= 4 is 28.5 Å². The lowest BCUT2D eigenvalue weighted by Crippen LogP contribution is -2.30. The van der Waals surface area contributed by atoms with Crippen molar-refractivity contribution in [3.05, 3.63) is 59.8 Å². The molecule has 0 radical (unpaired) electrons. The van der Waals surface area contributed by atoms with Gasteiger partial charge in [-0.15, -0.1) is 0 Å². The Morgan fingerprint density at radius 3 is 2.48 bits per heavy atom. The number of aromatic nitrogens is 1. The molecular weight excluding hydrogens is 396 g/mol. The molecule has 0 spiro atoms. The highest BCUT2D eigenvalue weighted by Crippen LogP contribution is 2.40. The topological polar surface area (TPSA) is 86.8 Å². The molecule has 1 aliphatic rings. The number of hydrogen-bond donors (Lipinski definition) is 1. The van der Waals surface area contributed by atoms with E-state index in [-0.39, 0.29) is 0 Å². The first-order valence-corrected chi connectivity index (χ1v) is 10.1. The first-order valence-electron chi connectivity index (χ1n) is 10.1. The molecule has 7 nitrogen and oxygen atoms in total. The molecule has 1 amide bonds. The maximum Gasteiger partial charge on any atom is 0.339 e. The highest BCUT2D eigenvalue weighted by atomic mass is 16.5. The van der Waals surface area contributed by atoms with E-state index in [4.69, 9.17) is 14.2 Å². The predicted molar refractivity (Wildman–Crippen MR) is 117 cm³/mol. The van der Waals surface area contributed by atoms with Crippen molar-refractivity contribution < 1.29 is 23.8 Å². The van der Waals surface area contributed by atoms with Crippen molar-refractivity contribution in [3.63, 3.8) is 0 Å². The molecule has 1 N–H and O–H groups in total. The molecule has 31 heavy (non-hydrogen) atoms. The van der Waals surface area contributed by atoms with Crippen LogP contribution >= 0.6 is 0 Å². The zero-order chi connectivity index (χ0) is 22.0. The Hall–Kier alpha value is -3.61. The number of rotatable bonds is 7. The number of anilines is 1. The van der Waals surface area contributed by atoms with Gasteiger partial charge in [-0.25, -0.2) is 4.79 Å². The summed E-state index contributed by atoms with van der Waals surface area (Å²) in [5.74, 6) is 0.440. The van der Waals surface area contributed by atoms with E-state index in [1.165, 1.54) is 14.2 Å². The fourth-order valence-corrected chi connectivity index (χ4v) is 3.39. The number of hydrogen-bond acceptors (Lipinski definition) is 6. The van der Waals surface area contributed by atoms with Gasteiger partial charge in [0.05, 0.1) is 25.3 Å². The minimum Gasteiger partial charge on any atom is -0.493 e. The zero-order valence-corrected chi connectivity index (χ0v) is 17.7. The Bertz CT molecular complexity index is 1140. The van der Waals surface area contributed by atoms with Gasteiger partial charge < -0.3 is 19.5 Å². The summed E-state index contributed by atoms with van der Waals surface area (Å²) in [7, 11) is 3.05. The molecule has 0 bridgehead atoms. The van der Waals surface area contributed by atoms with E-state index < -0.39 is 18.0 Å². The third-order valence-corrected chi connectivity index (χ3v) is 5.26. The first-order chi connectivity index (χ1) is 15.0. The quantitative estimate of drug-likeness (QED) is 0.573. The smallest absolute Gasteiger partial charge is 0.339 e. The highest BCUT2D eigenvalue weighted by molar-refractivity contribution is 6.05. The van der Waals surface area contributed by atoms with Crippen LogP contribution in [-0.2, 0) is 9.53 Å². The minimum atomic E-state index is -0.989. The lowest BCUT2D eigenvalue weighted by atomic mass is 10.1. The van der Waals surface area contributed by atoms with Crippen LogP contribution in [0.1, 0.15) is 41.7 Å². The molecule has 1 aliphatic carbocycles. The van der Waals surface area contributed by atoms with Gasteiger partial charge in [-0.3, -0.25) is 9.78 Å². The number of nitrogens with one attached hydrogen (secondary N) is 1. The summed E-state index contributed by atoms with van der Waals surface area (Å²) in [6.45, 7) is 1.54. The van der Waals surface area contributed by atoms with Crippen LogP contribution in [0.15, 0.2) is 48.5 Å². The number of benzene rings is 2. The monoisotopic (exact) mass is 420 g/mol. The van der Waals surface area contributed by atoms with Gasteiger partial charge in [-0.05, 0) is 44.0 Å². The van der Waals surface area contributed by atoms with Gasteiger partial charge in [0.1, 0.15) is 0 Å². The number of ether oxygens (including phenoxy) is 3. The zero-order valence-electron chi connectivity index (χ0n) is 17.7. The lowest BCUT2D eigenvalue weighted by molar-refractivity contribution is -0.123. The highest BCUT2D eigenvalue weighted by Gasteiger charge is 2.28. The van der Waals surface area contributed by atoms with E-state index in [0.29, 0.717) is 34.1 Å². The van der Waals surface area contributed by atoms with Crippen LogP contribution in [0, 0.1) is 0 Å². The van der Waals surface area contributed by atoms with Crippen LogP contribution in [0.25, 0.3) is 10.9 Å². The molecule has 160 valence electrons. The Balaban J connectivity index is 1.50. The summed E-state index contributed by atoms with van der Waals surface area (Å²) >= 11 is 0. The van der Waals surface area contributed by atoms with E-state index >= 15 is 0 Å². The second-order valence-corrected chi connectivity index (χ2v) is 7.49. The number of fused-ring (bicyclic) bond motifs is 1. The normalized spacial score (nSPS) is 14.0. The number of esters is 1. The summed E-state index contributed by atoms with van der Waals surface area (Å²) in [6.07, 6.45) is 1.16. The summed E-state index contributed by atoms with van der Waals surface area (Å²) in [4.78, 5) is 30.2. The average Bonchev–Trinajstić information content (AvgIpc) is 3.63. The molecule has 1 atom stereocenters. The fourth-order valence-electron chi connectivity index (χ4n) is 3.39. The first kappa shape index (κ1) is 20.7. The Morgan fingerprint density at radius 1 is 1.03 bits per heavy atom. The largest absolute Gasteiger partial charge is 0.493 e. The third kappa shape index (κ3) is 4.45. The Morgan fingerprint density at radius 2 is 1.77 bits per heavy atom. The van der Waals surface area contributed by atoms with Crippen molar-refractivity contribution in [1.29, 1.82) is 0 Å². The molecule has 3 aromatic rings. The summed E-state index contributed by atoms with van der Waals surface area (Å²) < 4.78 is 15.9. The van der Waals surface area contributed by atoms with E-state index in [1.54, 1.807) is 31.2 Å². The van der Waals surface area contributed by atoms with Crippen LogP contribution in [0.3, 0.4) is 0 Å². The molecular formula is C24H24N2O5. The molecule has 4 rings (SSSR count). The van der Waals surface area contributed by atoms with Gasteiger partial charge in [0, 0.05) is 28.8 Å². The fraction of sp³-hybridized carbons (Fsp3) is 0.292. The van der Waals surface area contributed by atoms with Gasteiger partial charge in [0.15, 0.2) is 17.6 Å². The van der Waals surface area contributed by atoms with Gasteiger partial charge in [0.2, 0.25) is 0 Å². The van der Waals surface area contributed by atoms with E-state index in [2.05, 4.69) is 10.3 Å². The molecule has 7 heteroatoms. The molecule has 0 unspecified atom stereocenters. The molecule has 1 fully saturated rings. The maximum atomic E-state index is 12.9. The standard InChI is InChI=1S/C24H24N2O5/c1-14(23(27)25-16-10-11-21(29-2)22(12-16)30-3)31-24(28)18-13-20(15-8-9-15)26-19-7-5-4-6-17(18)19/h4-7,10-15H,8-9H2,1-3H3,(H,25,27)/t14-/m0/s1. The number of para-hydroxylation sites is 1.